The molecule has 0 bridgehead atoms. The molecule has 2 N–H and O–H groups in total. The highest BCUT2D eigenvalue weighted by molar-refractivity contribution is 6.04. The molecular formula is C24H30N6O. The molecule has 7 heteroatoms. The summed E-state index contributed by atoms with van der Waals surface area (Å²) in [5.74, 6) is 2.23. The van der Waals surface area contributed by atoms with Crippen LogP contribution in [-0.2, 0) is 0 Å². The van der Waals surface area contributed by atoms with Crippen LogP contribution in [0.1, 0.15) is 30.0 Å². The number of carbonyl (C=O) groups is 1. The van der Waals surface area contributed by atoms with Gasteiger partial charge in [0.05, 0.1) is 0 Å². The van der Waals surface area contributed by atoms with Crippen LogP contribution in [-0.4, -0.2) is 43.1 Å². The number of hydrogen-bond donors (Lipinski definition) is 2. The van der Waals surface area contributed by atoms with E-state index in [-0.39, 0.29) is 5.91 Å². The first-order valence-electron chi connectivity index (χ1n) is 10.5. The van der Waals surface area contributed by atoms with Gasteiger partial charge in [-0.2, -0.15) is 0 Å². The van der Waals surface area contributed by atoms with Gasteiger partial charge in [-0.05, 0) is 69.3 Å². The Morgan fingerprint density at radius 1 is 0.903 bits per heavy atom. The average Bonchev–Trinajstić information content (AvgIpc) is 2.75. The molecule has 0 aliphatic rings. The van der Waals surface area contributed by atoms with E-state index < -0.39 is 0 Å². The van der Waals surface area contributed by atoms with Crippen molar-refractivity contribution in [3.63, 3.8) is 0 Å². The van der Waals surface area contributed by atoms with Crippen LogP contribution in [0.5, 0.6) is 0 Å². The molecular weight excluding hydrogens is 388 g/mol. The summed E-state index contributed by atoms with van der Waals surface area (Å²) in [7, 11) is 3.94. The van der Waals surface area contributed by atoms with Crippen molar-refractivity contribution in [3.8, 4) is 0 Å². The van der Waals surface area contributed by atoms with Gasteiger partial charge in [0, 0.05) is 55.9 Å². The number of anilines is 5. The minimum atomic E-state index is -0.138. The van der Waals surface area contributed by atoms with Gasteiger partial charge in [-0.15, -0.1) is 0 Å². The van der Waals surface area contributed by atoms with Crippen molar-refractivity contribution in [3.05, 3.63) is 66.0 Å². The molecule has 0 saturated carbocycles. The third-order valence-corrected chi connectivity index (χ3v) is 4.97. The number of aromatic nitrogens is 2. The van der Waals surface area contributed by atoms with E-state index in [1.807, 2.05) is 80.5 Å². The molecule has 0 saturated heterocycles. The zero-order valence-electron chi connectivity index (χ0n) is 18.8. The molecule has 0 spiro atoms. The van der Waals surface area contributed by atoms with E-state index in [0.717, 1.165) is 47.6 Å². The molecule has 1 heterocycles. The quantitative estimate of drug-likeness (QED) is 0.553. The molecule has 0 unspecified atom stereocenters. The van der Waals surface area contributed by atoms with E-state index in [0.29, 0.717) is 5.56 Å². The normalized spacial score (nSPS) is 10.5. The smallest absolute Gasteiger partial charge is 0.255 e. The molecule has 7 nitrogen and oxygen atoms in total. The standard InChI is InChI=1S/C24H30N6O/c1-6-30(7-2)23-16-22(25-17(3)26-23)27-19-10-12-20(13-11-19)28-24(31)18-8-14-21(15-9-18)29(4)5/h8-16H,6-7H2,1-5H3,(H,28,31)(H,25,26,27). The van der Waals surface area contributed by atoms with Crippen molar-refractivity contribution in [2.45, 2.75) is 20.8 Å². The monoisotopic (exact) mass is 418 g/mol. The summed E-state index contributed by atoms with van der Waals surface area (Å²) in [5, 5.41) is 6.26. The Hall–Kier alpha value is -3.61. The summed E-state index contributed by atoms with van der Waals surface area (Å²) < 4.78 is 0. The topological polar surface area (TPSA) is 73.4 Å². The summed E-state index contributed by atoms with van der Waals surface area (Å²) in [5.41, 5.74) is 3.29. The van der Waals surface area contributed by atoms with Gasteiger partial charge in [-0.1, -0.05) is 0 Å². The van der Waals surface area contributed by atoms with Crippen LogP contribution in [0.4, 0.5) is 28.7 Å². The number of amides is 1. The summed E-state index contributed by atoms with van der Waals surface area (Å²) in [6.45, 7) is 7.88. The third-order valence-electron chi connectivity index (χ3n) is 4.97. The molecule has 0 fully saturated rings. The number of nitrogens with zero attached hydrogens (tertiary/aromatic N) is 4. The minimum absolute atomic E-state index is 0.138. The van der Waals surface area contributed by atoms with Gasteiger partial charge in [-0.3, -0.25) is 4.79 Å². The van der Waals surface area contributed by atoms with E-state index in [9.17, 15) is 4.79 Å². The second-order valence-corrected chi connectivity index (χ2v) is 7.43. The Morgan fingerprint density at radius 3 is 2.10 bits per heavy atom. The molecule has 1 amide bonds. The van der Waals surface area contributed by atoms with E-state index in [1.165, 1.54) is 0 Å². The highest BCUT2D eigenvalue weighted by Gasteiger charge is 2.09. The zero-order valence-corrected chi connectivity index (χ0v) is 18.8. The first-order valence-corrected chi connectivity index (χ1v) is 10.5. The molecule has 0 aliphatic carbocycles. The van der Waals surface area contributed by atoms with E-state index >= 15 is 0 Å². The van der Waals surface area contributed by atoms with Gasteiger partial charge in [0.25, 0.3) is 5.91 Å². The van der Waals surface area contributed by atoms with Crippen LogP contribution in [0, 0.1) is 6.92 Å². The molecule has 1 aromatic heterocycles. The summed E-state index contributed by atoms with van der Waals surface area (Å²) in [6, 6.07) is 17.0. The maximum absolute atomic E-state index is 12.5. The van der Waals surface area contributed by atoms with Crippen LogP contribution in [0.3, 0.4) is 0 Å². The number of carbonyl (C=O) groups excluding carboxylic acids is 1. The number of nitrogens with one attached hydrogen (secondary N) is 2. The fourth-order valence-electron chi connectivity index (χ4n) is 3.22. The molecule has 31 heavy (non-hydrogen) atoms. The van der Waals surface area contributed by atoms with E-state index in [1.54, 1.807) is 0 Å². The summed E-state index contributed by atoms with van der Waals surface area (Å²) >= 11 is 0. The molecule has 3 rings (SSSR count). The van der Waals surface area contributed by atoms with Gasteiger partial charge in [0.2, 0.25) is 0 Å². The van der Waals surface area contributed by atoms with Crippen LogP contribution in [0.15, 0.2) is 54.6 Å². The van der Waals surface area contributed by atoms with E-state index in [2.05, 4.69) is 39.3 Å². The Kier molecular flexibility index (Phi) is 7.07. The number of benzene rings is 2. The largest absolute Gasteiger partial charge is 0.378 e. The molecule has 0 atom stereocenters. The molecule has 0 radical (unpaired) electrons. The van der Waals surface area contributed by atoms with Crippen molar-refractivity contribution >= 4 is 34.6 Å². The number of hydrogen-bond acceptors (Lipinski definition) is 6. The summed E-state index contributed by atoms with van der Waals surface area (Å²) in [6.07, 6.45) is 0. The van der Waals surface area contributed by atoms with Crippen LogP contribution in [0.25, 0.3) is 0 Å². The van der Waals surface area contributed by atoms with Gasteiger partial charge >= 0.3 is 0 Å². The van der Waals surface area contributed by atoms with Crippen molar-refractivity contribution in [2.75, 3.05) is 47.6 Å². The highest BCUT2D eigenvalue weighted by Crippen LogP contribution is 2.22. The average molecular weight is 419 g/mol. The van der Waals surface area contributed by atoms with Crippen molar-refractivity contribution in [1.82, 2.24) is 9.97 Å². The van der Waals surface area contributed by atoms with Crippen LogP contribution < -0.4 is 20.4 Å². The maximum atomic E-state index is 12.5. The maximum Gasteiger partial charge on any atom is 0.255 e. The van der Waals surface area contributed by atoms with Crippen LogP contribution in [0.2, 0.25) is 0 Å². The molecule has 3 aromatic rings. The Bertz CT molecular complexity index is 1010. The Balaban J connectivity index is 1.67. The lowest BCUT2D eigenvalue weighted by Crippen LogP contribution is -2.23. The van der Waals surface area contributed by atoms with Crippen LogP contribution >= 0.6 is 0 Å². The minimum Gasteiger partial charge on any atom is -0.378 e. The molecule has 162 valence electrons. The lowest BCUT2D eigenvalue weighted by molar-refractivity contribution is 0.102. The fourth-order valence-corrected chi connectivity index (χ4v) is 3.22. The second-order valence-electron chi connectivity index (χ2n) is 7.43. The SMILES string of the molecule is CCN(CC)c1cc(Nc2ccc(NC(=O)c3ccc(N(C)C)cc3)cc2)nc(C)n1. The van der Waals surface area contributed by atoms with Crippen molar-refractivity contribution in [1.29, 1.82) is 0 Å². The molecule has 2 aromatic carbocycles. The zero-order chi connectivity index (χ0) is 22.4. The molecule has 0 aliphatic heterocycles. The lowest BCUT2D eigenvalue weighted by Gasteiger charge is -2.20. The van der Waals surface area contributed by atoms with Crippen molar-refractivity contribution in [2.24, 2.45) is 0 Å². The van der Waals surface area contributed by atoms with Gasteiger partial charge in [0.15, 0.2) is 0 Å². The number of aryl methyl sites for hydroxylation is 1. The lowest BCUT2D eigenvalue weighted by atomic mass is 10.2. The third kappa shape index (κ3) is 5.72. The fraction of sp³-hybridized carbons (Fsp3) is 0.292. The first-order chi connectivity index (χ1) is 14.9. The predicted octanol–water partition coefficient (Wildman–Crippen LogP) is 4.69. The van der Waals surface area contributed by atoms with Gasteiger partial charge in [-0.25, -0.2) is 9.97 Å². The van der Waals surface area contributed by atoms with Gasteiger partial charge in [0.1, 0.15) is 17.5 Å². The number of rotatable bonds is 8. The predicted molar refractivity (Wildman–Crippen MR) is 129 cm³/mol. The first kappa shape index (κ1) is 22.1. The second kappa shape index (κ2) is 9.93. The Morgan fingerprint density at radius 2 is 1.52 bits per heavy atom. The highest BCUT2D eigenvalue weighted by atomic mass is 16.1. The summed E-state index contributed by atoms with van der Waals surface area (Å²) in [4.78, 5) is 25.7. The van der Waals surface area contributed by atoms with Crippen molar-refractivity contribution < 1.29 is 4.79 Å². The van der Waals surface area contributed by atoms with E-state index in [4.69, 9.17) is 0 Å². The Labute approximate surface area is 184 Å². The van der Waals surface area contributed by atoms with Gasteiger partial charge < -0.3 is 20.4 Å².